The van der Waals surface area contributed by atoms with Crippen molar-refractivity contribution in [1.29, 1.82) is 0 Å². The molecule has 11 heteroatoms. The maximum absolute atomic E-state index is 13.0. The molecular weight excluding hydrogens is 583 g/mol. The largest absolute Gasteiger partial charge is 0.381 e. The molecule has 0 saturated carbocycles. The molecule has 2 heterocycles. The summed E-state index contributed by atoms with van der Waals surface area (Å²) in [6.45, 7) is 9.29. The van der Waals surface area contributed by atoms with Crippen LogP contribution in [0.3, 0.4) is 0 Å². The fourth-order valence-electron chi connectivity index (χ4n) is 5.30. The number of nitrogens with zero attached hydrogens (tertiary/aromatic N) is 2. The van der Waals surface area contributed by atoms with Gasteiger partial charge >= 0.3 is 0 Å². The van der Waals surface area contributed by atoms with E-state index < -0.39 is 15.9 Å². The minimum absolute atomic E-state index is 0.0429. The Balaban J connectivity index is 1.19. The van der Waals surface area contributed by atoms with Crippen molar-refractivity contribution in [1.82, 2.24) is 14.9 Å². The Bertz CT molecular complexity index is 1420. The van der Waals surface area contributed by atoms with Gasteiger partial charge in [-0.05, 0) is 74.0 Å². The lowest BCUT2D eigenvalue weighted by molar-refractivity contribution is -0.0186. The second kappa shape index (κ2) is 15.1. The minimum atomic E-state index is -4.03. The van der Waals surface area contributed by atoms with Crippen LogP contribution in [0.25, 0.3) is 0 Å². The molecule has 1 unspecified atom stereocenters. The number of anilines is 2. The molecule has 2 aliphatic heterocycles. The Labute approximate surface area is 259 Å². The molecular formula is C32H41N5O4S2. The molecule has 43 heavy (non-hydrogen) atoms. The van der Waals surface area contributed by atoms with E-state index >= 15 is 0 Å². The Morgan fingerprint density at radius 2 is 1.72 bits per heavy atom. The summed E-state index contributed by atoms with van der Waals surface area (Å²) in [6, 6.07) is 24.2. The number of sulfonamides is 1. The summed E-state index contributed by atoms with van der Waals surface area (Å²) < 4.78 is 34.0. The molecule has 2 atom stereocenters. The van der Waals surface area contributed by atoms with Crippen molar-refractivity contribution >= 4 is 39.1 Å². The van der Waals surface area contributed by atoms with Gasteiger partial charge in [0.25, 0.3) is 15.9 Å². The summed E-state index contributed by atoms with van der Waals surface area (Å²) in [5, 5.41) is 6.92. The zero-order valence-corrected chi connectivity index (χ0v) is 26.2. The van der Waals surface area contributed by atoms with Crippen molar-refractivity contribution in [3.63, 3.8) is 0 Å². The first-order chi connectivity index (χ1) is 20.9. The Hall–Kier alpha value is -3.09. The summed E-state index contributed by atoms with van der Waals surface area (Å²) in [7, 11) is -4.03. The highest BCUT2D eigenvalue weighted by Crippen LogP contribution is 2.23. The van der Waals surface area contributed by atoms with Crippen molar-refractivity contribution < 1.29 is 17.9 Å². The summed E-state index contributed by atoms with van der Waals surface area (Å²) in [5.74, 6) is 0.220. The molecule has 0 aliphatic carbocycles. The van der Waals surface area contributed by atoms with E-state index in [0.717, 1.165) is 76.0 Å². The second-order valence-corrected chi connectivity index (χ2v) is 13.8. The first-order valence-corrected chi connectivity index (χ1v) is 17.3. The van der Waals surface area contributed by atoms with Crippen LogP contribution in [0.15, 0.2) is 88.7 Å². The third kappa shape index (κ3) is 9.20. The molecule has 0 radical (unpaired) electrons. The summed E-state index contributed by atoms with van der Waals surface area (Å²) in [5.41, 5.74) is 2.15. The van der Waals surface area contributed by atoms with Crippen LogP contribution >= 0.6 is 11.8 Å². The number of amides is 1. The Morgan fingerprint density at radius 3 is 2.42 bits per heavy atom. The Morgan fingerprint density at radius 1 is 1.00 bits per heavy atom. The molecule has 0 bridgehead atoms. The van der Waals surface area contributed by atoms with Gasteiger partial charge in [0.1, 0.15) is 0 Å². The molecule has 9 nitrogen and oxygen atoms in total. The van der Waals surface area contributed by atoms with E-state index in [9.17, 15) is 13.2 Å². The SMILES string of the molecule is CC1CN(CC[C@H](CSc2ccccc2)Nc2ccc(S(=O)(=O)NC(=O)c3ccc(N4CCNCC4)cc3)cc2)CCO1. The smallest absolute Gasteiger partial charge is 0.264 e. The van der Waals surface area contributed by atoms with Gasteiger partial charge in [-0.15, -0.1) is 11.8 Å². The number of piperazine rings is 1. The number of benzene rings is 3. The molecule has 0 aromatic heterocycles. The third-order valence-electron chi connectivity index (χ3n) is 7.69. The standard InChI is InChI=1S/C32H41N5O4S2/c1-25-23-36(21-22-41-25)18-15-28(24-42-30-5-3-2-4-6-30)34-27-9-13-31(14-10-27)43(39,40)35-32(38)26-7-11-29(12-8-26)37-19-16-33-17-20-37/h2-14,25,28,33-34H,15-24H2,1H3,(H,35,38)/t25?,28-/m1/s1. The molecule has 2 aliphatic rings. The highest BCUT2D eigenvalue weighted by molar-refractivity contribution is 7.99. The monoisotopic (exact) mass is 623 g/mol. The predicted molar refractivity (Wildman–Crippen MR) is 174 cm³/mol. The quantitative estimate of drug-likeness (QED) is 0.259. The predicted octanol–water partition coefficient (Wildman–Crippen LogP) is 3.90. The lowest BCUT2D eigenvalue weighted by Gasteiger charge is -2.32. The average Bonchev–Trinajstić information content (AvgIpc) is 3.03. The van der Waals surface area contributed by atoms with E-state index in [2.05, 4.69) is 44.2 Å². The van der Waals surface area contributed by atoms with Gasteiger partial charge in [-0.25, -0.2) is 13.1 Å². The van der Waals surface area contributed by atoms with Gasteiger partial charge in [0.2, 0.25) is 0 Å². The van der Waals surface area contributed by atoms with Gasteiger partial charge < -0.3 is 20.3 Å². The molecule has 0 spiro atoms. The molecule has 3 N–H and O–H groups in total. The number of rotatable bonds is 12. The number of hydrogen-bond acceptors (Lipinski definition) is 9. The van der Waals surface area contributed by atoms with Crippen LogP contribution in [0.2, 0.25) is 0 Å². The van der Waals surface area contributed by atoms with E-state index in [1.807, 2.05) is 30.3 Å². The highest BCUT2D eigenvalue weighted by Gasteiger charge is 2.21. The van der Waals surface area contributed by atoms with Crippen molar-refractivity contribution in [2.24, 2.45) is 0 Å². The number of carbonyl (C=O) groups is 1. The molecule has 5 rings (SSSR count). The van der Waals surface area contributed by atoms with E-state index in [-0.39, 0.29) is 17.0 Å². The van der Waals surface area contributed by atoms with E-state index in [0.29, 0.717) is 5.56 Å². The number of morpholine rings is 1. The van der Waals surface area contributed by atoms with E-state index in [1.54, 1.807) is 36.0 Å². The van der Waals surface area contributed by atoms with Crippen molar-refractivity contribution in [2.45, 2.75) is 35.3 Å². The van der Waals surface area contributed by atoms with Gasteiger partial charge in [0.05, 0.1) is 17.6 Å². The van der Waals surface area contributed by atoms with Gasteiger partial charge in [-0.1, -0.05) is 18.2 Å². The highest BCUT2D eigenvalue weighted by atomic mass is 32.2. The van der Waals surface area contributed by atoms with Gasteiger partial charge in [-0.2, -0.15) is 0 Å². The normalized spacial score (nSPS) is 18.6. The maximum Gasteiger partial charge on any atom is 0.264 e. The molecule has 1 amide bonds. The van der Waals surface area contributed by atoms with Crippen LogP contribution in [-0.4, -0.2) is 89.5 Å². The van der Waals surface area contributed by atoms with Crippen molar-refractivity contribution in [2.75, 3.05) is 68.4 Å². The van der Waals surface area contributed by atoms with Crippen LogP contribution < -0.4 is 20.3 Å². The summed E-state index contributed by atoms with van der Waals surface area (Å²) >= 11 is 1.80. The second-order valence-electron chi connectivity index (χ2n) is 11.0. The van der Waals surface area contributed by atoms with Gasteiger partial charge in [0.15, 0.2) is 0 Å². The fourth-order valence-corrected chi connectivity index (χ4v) is 7.26. The van der Waals surface area contributed by atoms with E-state index in [4.69, 9.17) is 4.74 Å². The van der Waals surface area contributed by atoms with Crippen LogP contribution in [0, 0.1) is 0 Å². The van der Waals surface area contributed by atoms with Gasteiger partial charge in [-0.3, -0.25) is 9.69 Å². The van der Waals surface area contributed by atoms with Crippen LogP contribution in [0.1, 0.15) is 23.7 Å². The zero-order chi connectivity index (χ0) is 30.1. The molecule has 2 saturated heterocycles. The maximum atomic E-state index is 13.0. The average molecular weight is 624 g/mol. The number of carbonyl (C=O) groups excluding carboxylic acids is 1. The number of hydrogen-bond donors (Lipinski definition) is 3. The zero-order valence-electron chi connectivity index (χ0n) is 24.6. The first-order valence-electron chi connectivity index (χ1n) is 14.9. The fraction of sp³-hybridized carbons (Fsp3) is 0.406. The molecule has 230 valence electrons. The number of thioether (sulfide) groups is 1. The number of nitrogens with one attached hydrogen (secondary N) is 3. The van der Waals surface area contributed by atoms with Crippen LogP contribution in [0.5, 0.6) is 0 Å². The third-order valence-corrected chi connectivity index (χ3v) is 10.2. The lowest BCUT2D eigenvalue weighted by atomic mass is 10.2. The molecule has 3 aromatic rings. The van der Waals surface area contributed by atoms with E-state index in [1.165, 1.54) is 17.0 Å². The van der Waals surface area contributed by atoms with Crippen LogP contribution in [0.4, 0.5) is 11.4 Å². The molecule has 2 fully saturated rings. The first kappa shape index (κ1) is 31.3. The topological polar surface area (TPSA) is 103 Å². The van der Waals surface area contributed by atoms with Crippen molar-refractivity contribution in [3.8, 4) is 0 Å². The molecule has 3 aromatic carbocycles. The summed E-state index contributed by atoms with van der Waals surface area (Å²) in [4.78, 5) is 18.7. The minimum Gasteiger partial charge on any atom is -0.381 e. The van der Waals surface area contributed by atoms with Crippen molar-refractivity contribution in [3.05, 3.63) is 84.4 Å². The summed E-state index contributed by atoms with van der Waals surface area (Å²) in [6.07, 6.45) is 1.18. The number of ether oxygens (including phenoxy) is 1. The lowest BCUT2D eigenvalue weighted by Crippen LogP contribution is -2.43. The van der Waals surface area contributed by atoms with Gasteiger partial charge in [0, 0.05) is 79.4 Å². The Kier molecular flexibility index (Phi) is 11.0. The van der Waals surface area contributed by atoms with Crippen LogP contribution in [-0.2, 0) is 14.8 Å².